The van der Waals surface area contributed by atoms with Crippen molar-refractivity contribution in [2.24, 2.45) is 0 Å². The Hall–Kier alpha value is -2.12. The van der Waals surface area contributed by atoms with E-state index in [1.165, 1.54) is 29.2 Å². The molecule has 148 valence electrons. The second-order valence-electron chi connectivity index (χ2n) is 7.49. The maximum absolute atomic E-state index is 13.0. The highest BCUT2D eigenvalue weighted by molar-refractivity contribution is 7.14. The number of aryl methyl sites for hydroxylation is 3. The molecule has 0 radical (unpaired) electrons. The summed E-state index contributed by atoms with van der Waals surface area (Å²) in [5.74, 6) is 1.69. The molecule has 1 N–H and O–H groups in total. The maximum Gasteiger partial charge on any atom is 0.152 e. The van der Waals surface area contributed by atoms with Crippen LogP contribution in [0.15, 0.2) is 24.3 Å². The Morgan fingerprint density at radius 1 is 1.14 bits per heavy atom. The molecule has 0 spiro atoms. The Bertz CT molecular complexity index is 932. The van der Waals surface area contributed by atoms with E-state index >= 15 is 0 Å². The fraction of sp³-hybridized carbons (Fsp3) is 0.476. The minimum Gasteiger partial charge on any atom is -0.355 e. The number of benzene rings is 1. The van der Waals surface area contributed by atoms with Crippen LogP contribution in [0, 0.1) is 19.7 Å². The Morgan fingerprint density at radius 2 is 1.89 bits per heavy atom. The zero-order valence-corrected chi connectivity index (χ0v) is 17.2. The topological polar surface area (TPSA) is 53.9 Å². The van der Waals surface area contributed by atoms with Crippen LogP contribution >= 0.6 is 11.5 Å². The summed E-state index contributed by atoms with van der Waals surface area (Å²) < 4.78 is 18.5. The first kappa shape index (κ1) is 19.2. The predicted octanol–water partition coefficient (Wildman–Crippen LogP) is 4.03. The van der Waals surface area contributed by atoms with Gasteiger partial charge in [0, 0.05) is 19.1 Å². The van der Waals surface area contributed by atoms with Crippen LogP contribution in [0.3, 0.4) is 0 Å². The summed E-state index contributed by atoms with van der Waals surface area (Å²) in [6.07, 6.45) is 4.27. The van der Waals surface area contributed by atoms with Gasteiger partial charge in [-0.1, -0.05) is 12.1 Å². The van der Waals surface area contributed by atoms with Crippen LogP contribution in [0.25, 0.3) is 10.2 Å². The molecule has 0 unspecified atom stereocenters. The third-order valence-electron chi connectivity index (χ3n) is 5.36. The number of aromatic nitrogens is 3. The van der Waals surface area contributed by atoms with Gasteiger partial charge in [0.2, 0.25) is 0 Å². The summed E-state index contributed by atoms with van der Waals surface area (Å²) in [7, 11) is 0. The largest absolute Gasteiger partial charge is 0.355 e. The smallest absolute Gasteiger partial charge is 0.152 e. The number of nitrogens with zero attached hydrogens (tertiary/aromatic N) is 4. The lowest BCUT2D eigenvalue weighted by Crippen LogP contribution is -2.43. The summed E-state index contributed by atoms with van der Waals surface area (Å²) in [5, 5.41) is 3.68. The summed E-state index contributed by atoms with van der Waals surface area (Å²) in [6.45, 7) is 6.95. The molecule has 2 aromatic heterocycles. The van der Waals surface area contributed by atoms with Crippen molar-refractivity contribution >= 4 is 27.6 Å². The highest BCUT2D eigenvalue weighted by atomic mass is 32.1. The van der Waals surface area contributed by atoms with Crippen molar-refractivity contribution in [3.05, 3.63) is 47.2 Å². The normalized spacial score (nSPS) is 15.5. The standard InChI is InChI=1S/C21H26FN5S/c1-14-19-20(28-26-14)21(25-15(2)24-19)27-12-9-18(10-13-27)23-11-3-4-16-5-7-17(22)8-6-16/h5-8,18,23H,3-4,9-13H2,1-2H3. The molecule has 1 aromatic carbocycles. The average Bonchev–Trinajstić information content (AvgIpc) is 3.07. The Balaban J connectivity index is 1.27. The van der Waals surface area contributed by atoms with Crippen molar-refractivity contribution in [2.75, 3.05) is 24.5 Å². The quantitative estimate of drug-likeness (QED) is 0.634. The summed E-state index contributed by atoms with van der Waals surface area (Å²) in [6, 6.07) is 7.37. The number of fused-ring (bicyclic) bond motifs is 1. The van der Waals surface area contributed by atoms with E-state index in [9.17, 15) is 4.39 Å². The van der Waals surface area contributed by atoms with Gasteiger partial charge < -0.3 is 10.2 Å². The monoisotopic (exact) mass is 399 g/mol. The SMILES string of the molecule is Cc1nc(N2CCC(NCCCc3ccc(F)cc3)CC2)c2snc(C)c2n1. The van der Waals surface area contributed by atoms with Gasteiger partial charge in [-0.15, -0.1) is 0 Å². The van der Waals surface area contributed by atoms with Crippen molar-refractivity contribution < 1.29 is 4.39 Å². The number of anilines is 1. The first-order valence-corrected chi connectivity index (χ1v) is 10.7. The van der Waals surface area contributed by atoms with Crippen LogP contribution in [0.4, 0.5) is 10.2 Å². The van der Waals surface area contributed by atoms with Gasteiger partial charge in [-0.25, -0.2) is 14.4 Å². The first-order valence-electron chi connectivity index (χ1n) is 9.93. The molecule has 0 aliphatic carbocycles. The number of piperidine rings is 1. The second-order valence-corrected chi connectivity index (χ2v) is 8.26. The van der Waals surface area contributed by atoms with Gasteiger partial charge in [-0.2, -0.15) is 4.37 Å². The van der Waals surface area contributed by atoms with Crippen LogP contribution in [0.5, 0.6) is 0 Å². The first-order chi connectivity index (χ1) is 13.6. The van der Waals surface area contributed by atoms with Gasteiger partial charge in [0.05, 0.1) is 5.69 Å². The van der Waals surface area contributed by atoms with E-state index in [2.05, 4.69) is 19.6 Å². The fourth-order valence-corrected chi connectivity index (χ4v) is 4.64. The van der Waals surface area contributed by atoms with E-state index in [1.54, 1.807) is 0 Å². The van der Waals surface area contributed by atoms with Gasteiger partial charge in [-0.3, -0.25) is 0 Å². The lowest BCUT2D eigenvalue weighted by atomic mass is 10.0. The number of halogens is 1. The van der Waals surface area contributed by atoms with E-state index in [-0.39, 0.29) is 5.82 Å². The van der Waals surface area contributed by atoms with Gasteiger partial charge in [0.15, 0.2) is 5.82 Å². The van der Waals surface area contributed by atoms with Crippen LogP contribution < -0.4 is 10.2 Å². The molecular weight excluding hydrogens is 373 g/mol. The number of nitrogens with one attached hydrogen (secondary N) is 1. The molecule has 4 rings (SSSR count). The van der Waals surface area contributed by atoms with Crippen LogP contribution in [-0.4, -0.2) is 40.0 Å². The van der Waals surface area contributed by atoms with E-state index < -0.39 is 0 Å². The van der Waals surface area contributed by atoms with Crippen molar-refractivity contribution in [1.82, 2.24) is 19.7 Å². The van der Waals surface area contributed by atoms with Crippen LogP contribution in [-0.2, 0) is 6.42 Å². The van der Waals surface area contributed by atoms with E-state index in [1.807, 2.05) is 26.0 Å². The number of rotatable bonds is 6. The number of hydrogen-bond acceptors (Lipinski definition) is 6. The molecule has 1 aliphatic rings. The van der Waals surface area contributed by atoms with Gasteiger partial charge in [-0.05, 0) is 75.3 Å². The molecule has 0 bridgehead atoms. The minimum absolute atomic E-state index is 0.168. The molecule has 0 saturated carbocycles. The summed E-state index contributed by atoms with van der Waals surface area (Å²) in [4.78, 5) is 11.7. The van der Waals surface area contributed by atoms with Crippen molar-refractivity contribution in [3.8, 4) is 0 Å². The van der Waals surface area contributed by atoms with Crippen LogP contribution in [0.1, 0.15) is 36.3 Å². The molecule has 1 fully saturated rings. The molecule has 5 nitrogen and oxygen atoms in total. The minimum atomic E-state index is -0.168. The molecule has 3 heterocycles. The van der Waals surface area contributed by atoms with Crippen molar-refractivity contribution in [3.63, 3.8) is 0 Å². The lowest BCUT2D eigenvalue weighted by Gasteiger charge is -2.33. The van der Waals surface area contributed by atoms with Gasteiger partial charge >= 0.3 is 0 Å². The summed E-state index contributed by atoms with van der Waals surface area (Å²) >= 11 is 1.50. The molecule has 28 heavy (non-hydrogen) atoms. The van der Waals surface area contributed by atoms with Gasteiger partial charge in [0.25, 0.3) is 0 Å². The van der Waals surface area contributed by atoms with Crippen molar-refractivity contribution in [1.29, 1.82) is 0 Å². The predicted molar refractivity (Wildman–Crippen MR) is 113 cm³/mol. The van der Waals surface area contributed by atoms with E-state index in [4.69, 9.17) is 4.98 Å². The zero-order valence-electron chi connectivity index (χ0n) is 16.4. The number of hydrogen-bond donors (Lipinski definition) is 1. The second kappa shape index (κ2) is 8.49. The molecule has 3 aromatic rings. The average molecular weight is 400 g/mol. The lowest BCUT2D eigenvalue weighted by molar-refractivity contribution is 0.412. The van der Waals surface area contributed by atoms with E-state index in [0.29, 0.717) is 6.04 Å². The molecule has 7 heteroatoms. The van der Waals surface area contributed by atoms with Crippen LogP contribution in [0.2, 0.25) is 0 Å². The maximum atomic E-state index is 13.0. The molecule has 0 amide bonds. The Labute approximate surface area is 169 Å². The summed E-state index contributed by atoms with van der Waals surface area (Å²) in [5.41, 5.74) is 3.18. The molecule has 0 atom stereocenters. The van der Waals surface area contributed by atoms with Gasteiger partial charge in [0.1, 0.15) is 21.9 Å². The third kappa shape index (κ3) is 4.31. The highest BCUT2D eigenvalue weighted by Gasteiger charge is 2.23. The van der Waals surface area contributed by atoms with E-state index in [0.717, 1.165) is 72.9 Å². The Morgan fingerprint density at radius 3 is 2.64 bits per heavy atom. The fourth-order valence-electron chi connectivity index (χ4n) is 3.79. The zero-order chi connectivity index (χ0) is 19.5. The third-order valence-corrected chi connectivity index (χ3v) is 6.28. The van der Waals surface area contributed by atoms with Crippen molar-refractivity contribution in [2.45, 2.75) is 45.6 Å². The molecule has 1 saturated heterocycles. The highest BCUT2D eigenvalue weighted by Crippen LogP contribution is 2.31. The molecular formula is C21H26FN5S. The Kier molecular flexibility index (Phi) is 5.82. The molecule has 1 aliphatic heterocycles.